The topological polar surface area (TPSA) is 87.4 Å². The summed E-state index contributed by atoms with van der Waals surface area (Å²) in [5.41, 5.74) is 2.52. The van der Waals surface area contributed by atoms with Crippen molar-refractivity contribution in [1.29, 1.82) is 0 Å². The number of aliphatic hydroxyl groups is 1. The second-order valence-corrected chi connectivity index (χ2v) is 10.3. The predicted molar refractivity (Wildman–Crippen MR) is 157 cm³/mol. The minimum Gasteiger partial charge on any atom is -0.505 e. The Morgan fingerprint density at radius 3 is 2.45 bits per heavy atom. The summed E-state index contributed by atoms with van der Waals surface area (Å²) in [7, 11) is 0. The number of aryl methyl sites for hydroxylation is 1. The van der Waals surface area contributed by atoms with Crippen LogP contribution in [0.15, 0.2) is 54.2 Å². The van der Waals surface area contributed by atoms with Crippen molar-refractivity contribution in [3.8, 4) is 5.75 Å². The molecule has 1 amide bonds. The molecule has 0 spiro atoms. The van der Waals surface area contributed by atoms with Crippen LogP contribution in [0.1, 0.15) is 75.9 Å². The lowest BCUT2D eigenvalue weighted by molar-refractivity contribution is -0.140. The lowest BCUT2D eigenvalue weighted by Crippen LogP contribution is -2.33. The van der Waals surface area contributed by atoms with E-state index in [0.29, 0.717) is 30.2 Å². The summed E-state index contributed by atoms with van der Waals surface area (Å²) in [5, 5.41) is 11.6. The molecule has 40 heavy (non-hydrogen) atoms. The summed E-state index contributed by atoms with van der Waals surface area (Å²) in [6, 6.07) is 12.4. The summed E-state index contributed by atoms with van der Waals surface area (Å²) in [5.74, 6) is -0.723. The average molecular weight is 547 g/mol. The lowest BCUT2D eigenvalue weighted by Gasteiger charge is -2.27. The van der Waals surface area contributed by atoms with Crippen molar-refractivity contribution in [2.45, 2.75) is 65.8 Å². The van der Waals surface area contributed by atoms with Crippen LogP contribution in [-0.4, -0.2) is 68.8 Å². The fraction of sp³-hybridized carbons (Fsp3) is 0.469. The maximum absolute atomic E-state index is 13.5. The summed E-state index contributed by atoms with van der Waals surface area (Å²) in [6.07, 6.45) is 7.03. The van der Waals surface area contributed by atoms with E-state index in [1.165, 1.54) is 12.8 Å². The molecule has 1 fully saturated rings. The molecule has 0 saturated carbocycles. The molecule has 8 heteroatoms. The third-order valence-electron chi connectivity index (χ3n) is 7.70. The van der Waals surface area contributed by atoms with Crippen molar-refractivity contribution in [3.63, 3.8) is 0 Å². The normalized spacial score (nSPS) is 16.9. The van der Waals surface area contributed by atoms with Crippen LogP contribution in [0.5, 0.6) is 5.75 Å². The molecule has 1 aromatic carbocycles. The number of imidazole rings is 1. The maximum atomic E-state index is 13.5. The van der Waals surface area contributed by atoms with Crippen molar-refractivity contribution in [3.05, 3.63) is 71.2 Å². The number of unbranched alkanes of at least 4 members (excludes halogenated alkanes) is 3. The molecule has 3 heterocycles. The van der Waals surface area contributed by atoms with Gasteiger partial charge in [0.1, 0.15) is 17.1 Å². The van der Waals surface area contributed by atoms with Crippen molar-refractivity contribution in [2.75, 3.05) is 32.8 Å². The van der Waals surface area contributed by atoms with E-state index in [4.69, 9.17) is 4.74 Å². The van der Waals surface area contributed by atoms with E-state index in [0.717, 1.165) is 50.2 Å². The first-order valence-electron chi connectivity index (χ1n) is 14.6. The van der Waals surface area contributed by atoms with Gasteiger partial charge in [-0.15, -0.1) is 0 Å². The Balaban J connectivity index is 1.69. The first-order chi connectivity index (χ1) is 19.4. The second-order valence-electron chi connectivity index (χ2n) is 10.3. The fourth-order valence-corrected chi connectivity index (χ4v) is 5.45. The highest BCUT2D eigenvalue weighted by Crippen LogP contribution is 2.40. The third kappa shape index (κ3) is 6.22. The van der Waals surface area contributed by atoms with Gasteiger partial charge in [-0.25, -0.2) is 4.98 Å². The number of Topliss-reactive ketones (excluding diaryl/α,β-unsaturated/α-hetero) is 1. The van der Waals surface area contributed by atoms with Crippen molar-refractivity contribution < 1.29 is 19.4 Å². The molecule has 2 aromatic heterocycles. The standard InChI is InChI=1S/C32H42N4O4/c1-5-8-9-12-22-40-25-17-15-24(16-18-25)29-27(30(37)28-23(4)33-26-14-10-11-20-35(26)28)31(38)32(39)36(29)21-13-19-34(6-2)7-3/h10-11,14-18,20,29,37H,5-9,12-13,19,21-22H2,1-4H3/b30-27+. The highest BCUT2D eigenvalue weighted by Gasteiger charge is 2.46. The van der Waals surface area contributed by atoms with E-state index in [-0.39, 0.29) is 11.3 Å². The zero-order valence-corrected chi connectivity index (χ0v) is 24.2. The number of fused-ring (bicyclic) bond motifs is 1. The number of hydrogen-bond donors (Lipinski definition) is 1. The van der Waals surface area contributed by atoms with Crippen LogP contribution in [0.3, 0.4) is 0 Å². The van der Waals surface area contributed by atoms with Crippen molar-refractivity contribution >= 4 is 23.1 Å². The van der Waals surface area contributed by atoms with Crippen LogP contribution in [0.25, 0.3) is 11.4 Å². The first-order valence-corrected chi connectivity index (χ1v) is 14.6. The van der Waals surface area contributed by atoms with Crippen LogP contribution in [0.4, 0.5) is 0 Å². The number of hydrogen-bond acceptors (Lipinski definition) is 6. The Kier molecular flexibility index (Phi) is 9.98. The van der Waals surface area contributed by atoms with Gasteiger partial charge in [0.15, 0.2) is 5.76 Å². The number of ether oxygens (including phenoxy) is 1. The molecule has 4 rings (SSSR count). The first kappa shape index (κ1) is 29.3. The SMILES string of the molecule is CCCCCCOc1ccc(C2/C(=C(\O)c3c(C)nc4ccccn34)C(=O)C(=O)N2CCCN(CC)CC)cc1. The van der Waals surface area contributed by atoms with Crippen LogP contribution in [0.2, 0.25) is 0 Å². The molecule has 1 aliphatic heterocycles. The maximum Gasteiger partial charge on any atom is 0.295 e. The molecule has 0 radical (unpaired) electrons. The zero-order valence-electron chi connectivity index (χ0n) is 24.2. The molecule has 0 aliphatic carbocycles. The van der Waals surface area contributed by atoms with Crippen molar-refractivity contribution in [1.82, 2.24) is 19.2 Å². The Morgan fingerprint density at radius 1 is 1.00 bits per heavy atom. The molecule has 1 atom stereocenters. The predicted octanol–water partition coefficient (Wildman–Crippen LogP) is 5.76. The van der Waals surface area contributed by atoms with Crippen LogP contribution >= 0.6 is 0 Å². The number of carbonyl (C=O) groups is 2. The summed E-state index contributed by atoms with van der Waals surface area (Å²) in [4.78, 5) is 35.4. The van der Waals surface area contributed by atoms with E-state index in [1.54, 1.807) is 22.4 Å². The van der Waals surface area contributed by atoms with Gasteiger partial charge >= 0.3 is 0 Å². The molecule has 1 aliphatic rings. The van der Waals surface area contributed by atoms with E-state index in [9.17, 15) is 14.7 Å². The molecular weight excluding hydrogens is 504 g/mol. The molecule has 3 aromatic rings. The van der Waals surface area contributed by atoms with E-state index >= 15 is 0 Å². The van der Waals surface area contributed by atoms with Crippen LogP contribution in [0, 0.1) is 6.92 Å². The number of benzene rings is 1. The second kappa shape index (κ2) is 13.6. The minimum atomic E-state index is -0.705. The van der Waals surface area contributed by atoms with Gasteiger partial charge in [-0.2, -0.15) is 0 Å². The van der Waals surface area contributed by atoms with E-state index < -0.39 is 17.7 Å². The van der Waals surface area contributed by atoms with Crippen molar-refractivity contribution in [2.24, 2.45) is 0 Å². The summed E-state index contributed by atoms with van der Waals surface area (Å²) in [6.45, 7) is 11.9. The quantitative estimate of drug-likeness (QED) is 0.120. The molecule has 214 valence electrons. The molecule has 1 N–H and O–H groups in total. The largest absolute Gasteiger partial charge is 0.505 e. The van der Waals surface area contributed by atoms with Gasteiger partial charge in [-0.05, 0) is 69.2 Å². The molecule has 0 bridgehead atoms. The van der Waals surface area contributed by atoms with Gasteiger partial charge < -0.3 is 19.6 Å². The molecule has 1 unspecified atom stereocenters. The Bertz CT molecular complexity index is 1340. The van der Waals surface area contributed by atoms with Gasteiger partial charge in [0.25, 0.3) is 11.7 Å². The minimum absolute atomic E-state index is 0.0924. The summed E-state index contributed by atoms with van der Waals surface area (Å²) < 4.78 is 7.68. The molecule has 1 saturated heterocycles. The number of amides is 1. The number of aliphatic hydroxyl groups excluding tert-OH is 1. The molecular formula is C32H42N4O4. The number of likely N-dealkylation sites (tertiary alicyclic amines) is 1. The highest BCUT2D eigenvalue weighted by atomic mass is 16.5. The van der Waals surface area contributed by atoms with Gasteiger partial charge in [0, 0.05) is 12.7 Å². The highest BCUT2D eigenvalue weighted by molar-refractivity contribution is 6.46. The van der Waals surface area contributed by atoms with Gasteiger partial charge in [0.05, 0.1) is 23.9 Å². The number of carbonyl (C=O) groups excluding carboxylic acids is 2. The Morgan fingerprint density at radius 2 is 1.75 bits per heavy atom. The number of ketones is 1. The fourth-order valence-electron chi connectivity index (χ4n) is 5.45. The van der Waals surface area contributed by atoms with Gasteiger partial charge in [-0.1, -0.05) is 58.2 Å². The average Bonchev–Trinajstić information content (AvgIpc) is 3.43. The van der Waals surface area contributed by atoms with Crippen LogP contribution in [-0.2, 0) is 9.59 Å². The lowest BCUT2D eigenvalue weighted by atomic mass is 9.96. The van der Waals surface area contributed by atoms with E-state index in [2.05, 4.69) is 30.7 Å². The number of nitrogens with zero attached hydrogens (tertiary/aromatic N) is 4. The summed E-state index contributed by atoms with van der Waals surface area (Å²) >= 11 is 0. The van der Waals surface area contributed by atoms with Gasteiger partial charge in [0.2, 0.25) is 0 Å². The third-order valence-corrected chi connectivity index (χ3v) is 7.70. The number of rotatable bonds is 14. The van der Waals surface area contributed by atoms with Gasteiger partial charge in [-0.3, -0.25) is 14.0 Å². The van der Waals surface area contributed by atoms with E-state index in [1.807, 2.05) is 42.5 Å². The monoisotopic (exact) mass is 546 g/mol. The van der Waals surface area contributed by atoms with Crippen LogP contribution < -0.4 is 4.74 Å². The molecule has 8 nitrogen and oxygen atoms in total. The smallest absolute Gasteiger partial charge is 0.295 e. The Hall–Kier alpha value is -3.65. The Labute approximate surface area is 237 Å². The zero-order chi connectivity index (χ0) is 28.6. The number of pyridine rings is 1. The number of aromatic nitrogens is 2.